The molecule has 9 rings (SSSR count). The first kappa shape index (κ1) is 58.3. The molecule has 14 nitrogen and oxygen atoms in total. The highest BCUT2D eigenvalue weighted by Crippen LogP contribution is 2.55. The van der Waals surface area contributed by atoms with Crippen LogP contribution < -0.4 is 15.6 Å². The number of ether oxygens (including phenoxy) is 1. The minimum absolute atomic E-state index is 0. The van der Waals surface area contributed by atoms with E-state index in [1.54, 1.807) is 14.4 Å². The van der Waals surface area contributed by atoms with Crippen molar-refractivity contribution in [3.63, 3.8) is 0 Å². The normalized spacial score (nSPS) is 19.9. The summed E-state index contributed by atoms with van der Waals surface area (Å²) < 4.78 is 63.6. The van der Waals surface area contributed by atoms with Gasteiger partial charge in [0.25, 0.3) is 11.8 Å². The van der Waals surface area contributed by atoms with E-state index in [-0.39, 0.29) is 142 Å². The topological polar surface area (TPSA) is 189 Å². The summed E-state index contributed by atoms with van der Waals surface area (Å²) in [5.41, 5.74) is -2.58. The summed E-state index contributed by atoms with van der Waals surface area (Å²) in [7, 11) is 0. The number of aliphatic hydroxyl groups excluding tert-OH is 2. The summed E-state index contributed by atoms with van der Waals surface area (Å²) in [5, 5.41) is 30.4. The Morgan fingerprint density at radius 2 is 1.09 bits per heavy atom. The number of benzene rings is 3. The number of hydrogen-bond acceptors (Lipinski definition) is 10. The van der Waals surface area contributed by atoms with Crippen LogP contribution in [0.2, 0.25) is 0 Å². The average molecular weight is 1050 g/mol. The highest BCUT2D eigenvalue weighted by atomic mass is 35.5. The summed E-state index contributed by atoms with van der Waals surface area (Å²) >= 11 is 0. The van der Waals surface area contributed by atoms with Crippen LogP contribution in [0.4, 0.5) is 17.6 Å². The smallest absolute Gasteiger partial charge is 0.274 e. The number of fused-ring (bicyclic) bond motifs is 4. The molecule has 4 heterocycles. The van der Waals surface area contributed by atoms with Gasteiger partial charge in [0.1, 0.15) is 29.9 Å². The van der Waals surface area contributed by atoms with Gasteiger partial charge in [0.15, 0.2) is 34.5 Å². The lowest BCUT2D eigenvalue weighted by molar-refractivity contribution is 0.0544. The Balaban J connectivity index is 0.000000268. The van der Waals surface area contributed by atoms with E-state index < -0.39 is 68.4 Å². The molecule has 2 aromatic heterocycles. The maximum absolute atomic E-state index is 14.2. The second-order valence-corrected chi connectivity index (χ2v) is 19.4. The molecule has 3 aromatic carbocycles. The van der Waals surface area contributed by atoms with Gasteiger partial charge in [0, 0.05) is 87.6 Å². The van der Waals surface area contributed by atoms with Crippen molar-refractivity contribution >= 4 is 35.8 Å². The molecular formula is C55H63ClF4N4O10. The molecule has 2 amide bonds. The number of halogens is 5. The number of carbonyl (C=O) groups is 4. The summed E-state index contributed by atoms with van der Waals surface area (Å²) in [6.07, 6.45) is 3.27. The van der Waals surface area contributed by atoms with Gasteiger partial charge in [-0.2, -0.15) is 0 Å². The Morgan fingerprint density at radius 1 is 0.662 bits per heavy atom. The number of ketones is 2. The fourth-order valence-electron chi connectivity index (χ4n) is 9.95. The zero-order valence-corrected chi connectivity index (χ0v) is 40.8. The number of aliphatic hydroxyl groups is 2. The average Bonchev–Trinajstić information content (AvgIpc) is 4.25. The Labute approximate surface area is 432 Å². The molecule has 3 N–H and O–H groups in total. The van der Waals surface area contributed by atoms with Crippen LogP contribution in [0.15, 0.2) is 88.7 Å². The zero-order valence-electron chi connectivity index (χ0n) is 40.0. The molecule has 4 aliphatic rings. The van der Waals surface area contributed by atoms with Crippen molar-refractivity contribution in [3.8, 4) is 11.5 Å². The van der Waals surface area contributed by atoms with Crippen molar-refractivity contribution in [1.29, 1.82) is 0 Å². The number of carbonyl (C=O) groups excluding carboxylic acids is 4. The van der Waals surface area contributed by atoms with E-state index in [0.29, 0.717) is 25.9 Å². The first-order valence-corrected chi connectivity index (χ1v) is 23.5. The predicted molar refractivity (Wildman–Crippen MR) is 271 cm³/mol. The monoisotopic (exact) mass is 1050 g/mol. The quantitative estimate of drug-likeness (QED) is 0.0685. The second-order valence-electron chi connectivity index (χ2n) is 19.4. The molecular weight excluding hydrogens is 988 g/mol. The minimum atomic E-state index is -0.962. The highest BCUT2D eigenvalue weighted by Gasteiger charge is 2.62. The van der Waals surface area contributed by atoms with Crippen molar-refractivity contribution in [2.45, 2.75) is 111 Å². The molecule has 398 valence electrons. The van der Waals surface area contributed by atoms with E-state index in [4.69, 9.17) is 4.74 Å². The summed E-state index contributed by atoms with van der Waals surface area (Å²) in [6.45, 7) is 7.78. The number of hydrogen-bond donors (Lipinski definition) is 3. The number of pyridine rings is 2. The Bertz CT molecular complexity index is 3080. The van der Waals surface area contributed by atoms with Crippen LogP contribution in [0.5, 0.6) is 11.5 Å². The van der Waals surface area contributed by atoms with E-state index >= 15 is 0 Å². The van der Waals surface area contributed by atoms with Crippen molar-refractivity contribution in [1.82, 2.24) is 18.9 Å². The van der Waals surface area contributed by atoms with Gasteiger partial charge >= 0.3 is 0 Å². The minimum Gasteiger partial charge on any atom is -0.503 e. The van der Waals surface area contributed by atoms with E-state index in [0.717, 1.165) is 29.8 Å². The van der Waals surface area contributed by atoms with E-state index in [2.05, 4.69) is 0 Å². The van der Waals surface area contributed by atoms with Crippen molar-refractivity contribution in [3.05, 3.63) is 162 Å². The van der Waals surface area contributed by atoms with Crippen LogP contribution >= 0.6 is 12.4 Å². The zero-order chi connectivity index (χ0) is 51.3. The third kappa shape index (κ3) is 10.8. The lowest BCUT2D eigenvalue weighted by atomic mass is 9.99. The van der Waals surface area contributed by atoms with Gasteiger partial charge in [-0.3, -0.25) is 28.8 Å². The summed E-state index contributed by atoms with van der Waals surface area (Å²) in [4.78, 5) is 82.6. The van der Waals surface area contributed by atoms with Gasteiger partial charge in [-0.1, -0.05) is 57.3 Å². The highest BCUT2D eigenvalue weighted by molar-refractivity contribution is 6.01. The van der Waals surface area contributed by atoms with E-state index in [1.165, 1.54) is 29.1 Å². The molecule has 2 aliphatic heterocycles. The third-order valence-electron chi connectivity index (χ3n) is 14.3. The molecule has 0 bridgehead atoms. The molecule has 0 saturated heterocycles. The van der Waals surface area contributed by atoms with Crippen molar-refractivity contribution < 1.29 is 56.8 Å². The van der Waals surface area contributed by atoms with Gasteiger partial charge in [0.2, 0.25) is 10.9 Å². The van der Waals surface area contributed by atoms with Crippen molar-refractivity contribution in [2.75, 3.05) is 26.3 Å². The largest absolute Gasteiger partial charge is 0.503 e. The summed E-state index contributed by atoms with van der Waals surface area (Å²) in [6, 6.07) is 15.0. The number of aromatic hydroxyl groups is 1. The van der Waals surface area contributed by atoms with E-state index in [9.17, 15) is 61.6 Å². The van der Waals surface area contributed by atoms with Crippen molar-refractivity contribution in [2.24, 2.45) is 11.8 Å². The predicted octanol–water partition coefficient (Wildman–Crippen LogP) is 8.01. The number of aryl methyl sites for hydroxylation is 2. The number of nitrogens with zero attached hydrogens (tertiary/aromatic N) is 4. The second kappa shape index (κ2) is 22.9. The van der Waals surface area contributed by atoms with Crippen LogP contribution in [0.3, 0.4) is 0 Å². The molecule has 74 heavy (non-hydrogen) atoms. The maximum atomic E-state index is 14.2. The molecule has 0 radical (unpaired) electrons. The Hall–Kier alpha value is -6.63. The van der Waals surface area contributed by atoms with Gasteiger partial charge in [-0.05, 0) is 82.2 Å². The first-order chi connectivity index (χ1) is 33.8. The lowest BCUT2D eigenvalue weighted by Gasteiger charge is -2.40. The molecule has 2 spiro atoms. The van der Waals surface area contributed by atoms with Crippen LogP contribution in [0.25, 0.3) is 0 Å². The fraction of sp³-hybridized carbons (Fsp3) is 0.418. The van der Waals surface area contributed by atoms with Crippen LogP contribution in [-0.4, -0.2) is 96.0 Å². The molecule has 5 aromatic rings. The number of amides is 2. The van der Waals surface area contributed by atoms with E-state index in [1.807, 2.05) is 58.0 Å². The number of Topliss-reactive ketones (excluding diaryl/α,β-unsaturated/α-hetero) is 2. The Morgan fingerprint density at radius 3 is 1.51 bits per heavy atom. The van der Waals surface area contributed by atoms with Crippen LogP contribution in [0.1, 0.15) is 127 Å². The molecule has 2 fully saturated rings. The fourth-order valence-corrected chi connectivity index (χ4v) is 9.95. The number of aromatic nitrogens is 2. The molecule has 19 heteroatoms. The molecule has 4 atom stereocenters. The standard InChI is InChI=1S/C30H30F2N2O5.C23H24F2N2O5.2CH4.ClH/c1-18(2)33-17-30(13-21(30)15-35)34-14-23(25(36)11-9-20-8-10-22(31)12-24(20)32)27(37)28(26(34)29(33)38)39-16-19-6-4-3-5-7-19;1-12(2)26-11-23(8-14(23)10-28)27-9-16(20(30)21(31)19(27)22(26)32)18(29)6-4-13-3-5-15(24)7-17(13)25;;;/h3-8,10,12,14,18,21,35H,9,11,13,15-17H2,1-2H3;3,5,7,9,12,14,28,31H,4,6,8,10-11H2,1-2H3;2*1H4;1H/t21-,30+;14-,23+;;;/m11.../s1. The molecule has 2 saturated carbocycles. The van der Waals surface area contributed by atoms with Gasteiger partial charge in [0.05, 0.1) is 22.2 Å². The maximum Gasteiger partial charge on any atom is 0.274 e. The van der Waals surface area contributed by atoms with Gasteiger partial charge < -0.3 is 39.0 Å². The molecule has 2 aliphatic carbocycles. The SMILES string of the molecule is C.C.CC(C)N1C[C@]2(C[C@@H]2CO)n2cc(C(=O)CCc3ccc(F)cc3F)c(=O)c(O)c2C1=O.CC(C)N1C[C@]2(C[C@@H]2CO)n2cc(C(=O)CCc3ccc(F)cc3F)c(=O)c(OCc3ccccc3)c2C1=O.Cl. The summed E-state index contributed by atoms with van der Waals surface area (Å²) in [5.74, 6) is -6.43. The molecule has 0 unspecified atom stereocenters. The third-order valence-corrected chi connectivity index (χ3v) is 14.3. The lowest BCUT2D eigenvalue weighted by Crippen LogP contribution is -2.52. The number of rotatable bonds is 15. The van der Waals surface area contributed by atoms with Crippen LogP contribution in [-0.2, 0) is 30.5 Å². The first-order valence-electron chi connectivity index (χ1n) is 23.5. The Kier molecular flexibility index (Phi) is 18.0. The van der Waals surface area contributed by atoms with Gasteiger partial charge in [-0.25, -0.2) is 17.6 Å². The van der Waals surface area contributed by atoms with Gasteiger partial charge in [-0.15, -0.1) is 12.4 Å². The van der Waals surface area contributed by atoms with Crippen LogP contribution in [0, 0.1) is 35.1 Å².